The highest BCUT2D eigenvalue weighted by Gasteiger charge is 2.41. The van der Waals surface area contributed by atoms with Gasteiger partial charge in [-0.1, -0.05) is 11.9 Å². The Hall–Kier alpha value is -2.33. The molecule has 2 N–H and O–H groups in total. The van der Waals surface area contributed by atoms with Crippen molar-refractivity contribution in [3.63, 3.8) is 0 Å². The molecule has 0 radical (unpaired) electrons. The topological polar surface area (TPSA) is 84.8 Å². The summed E-state index contributed by atoms with van der Waals surface area (Å²) in [7, 11) is 0. The summed E-state index contributed by atoms with van der Waals surface area (Å²) in [5.74, 6) is 1.30. The minimum atomic E-state index is -2.79. The third-order valence-electron chi connectivity index (χ3n) is 5.98. The fourth-order valence-electron chi connectivity index (χ4n) is 4.14. The van der Waals surface area contributed by atoms with Crippen LogP contribution in [0.2, 0.25) is 0 Å². The number of nitrogens with one attached hydrogen (secondary N) is 2. The van der Waals surface area contributed by atoms with Gasteiger partial charge in [0, 0.05) is 32.2 Å². The van der Waals surface area contributed by atoms with Crippen LogP contribution in [0.1, 0.15) is 25.1 Å². The molecule has 2 fully saturated rings. The number of alkyl halides is 2. The Morgan fingerprint density at radius 1 is 1.23 bits per heavy atom. The first kappa shape index (κ1) is 20.9. The van der Waals surface area contributed by atoms with Crippen molar-refractivity contribution in [3.05, 3.63) is 30.5 Å². The van der Waals surface area contributed by atoms with Crippen LogP contribution in [0.5, 0.6) is 0 Å². The van der Waals surface area contributed by atoms with Gasteiger partial charge in [-0.2, -0.15) is 0 Å². The Balaban J connectivity index is 1.45. The minimum absolute atomic E-state index is 0.373. The third-order valence-corrected chi connectivity index (χ3v) is 6.87. The number of hydrogen-bond donors (Lipinski definition) is 2. The van der Waals surface area contributed by atoms with Gasteiger partial charge in [-0.15, -0.1) is 0 Å². The van der Waals surface area contributed by atoms with Crippen molar-refractivity contribution in [2.45, 2.75) is 25.7 Å². The normalized spacial score (nSPS) is 19.4. The van der Waals surface area contributed by atoms with Crippen LogP contribution >= 0.6 is 11.9 Å². The van der Waals surface area contributed by atoms with Gasteiger partial charge in [0.2, 0.25) is 0 Å². The zero-order valence-electron chi connectivity index (χ0n) is 16.8. The summed E-state index contributed by atoms with van der Waals surface area (Å²) in [6.45, 7) is 4.27. The SMILES string of the molecule is CSN1CCC2(CC1)CCN(c1cc(-c3cnc(/C=C\C(=N)C(F)F)[nH]3)ncn1)C2. The number of aromatic nitrogens is 4. The number of hydrogen-bond acceptors (Lipinski definition) is 7. The van der Waals surface area contributed by atoms with Gasteiger partial charge in [-0.3, -0.25) is 9.71 Å². The van der Waals surface area contributed by atoms with Gasteiger partial charge in [-0.25, -0.2) is 23.7 Å². The number of rotatable bonds is 6. The fourth-order valence-corrected chi connectivity index (χ4v) is 4.69. The first-order chi connectivity index (χ1) is 14.5. The van der Waals surface area contributed by atoms with E-state index < -0.39 is 12.1 Å². The molecule has 4 heterocycles. The van der Waals surface area contributed by atoms with Gasteiger partial charge in [0.1, 0.15) is 18.0 Å². The van der Waals surface area contributed by atoms with Crippen LogP contribution in [0, 0.1) is 10.8 Å². The number of nitrogens with zero attached hydrogens (tertiary/aromatic N) is 5. The van der Waals surface area contributed by atoms with E-state index in [-0.39, 0.29) is 0 Å². The number of aromatic amines is 1. The van der Waals surface area contributed by atoms with Crippen LogP contribution in [-0.4, -0.2) is 68.8 Å². The fraction of sp³-hybridized carbons (Fsp3) is 0.500. The van der Waals surface area contributed by atoms with E-state index in [4.69, 9.17) is 5.41 Å². The number of allylic oxidation sites excluding steroid dienone is 1. The molecule has 2 saturated heterocycles. The Morgan fingerprint density at radius 2 is 2.00 bits per heavy atom. The van der Waals surface area contributed by atoms with Crippen LogP contribution in [0.25, 0.3) is 17.5 Å². The summed E-state index contributed by atoms with van der Waals surface area (Å²) in [6.07, 6.45) is 8.53. The first-order valence-corrected chi connectivity index (χ1v) is 11.1. The molecular formula is C20H25F2N7S. The van der Waals surface area contributed by atoms with Gasteiger partial charge < -0.3 is 9.88 Å². The molecule has 0 atom stereocenters. The molecular weight excluding hydrogens is 408 g/mol. The first-order valence-electron chi connectivity index (χ1n) is 9.94. The monoisotopic (exact) mass is 433 g/mol. The molecule has 4 rings (SSSR count). The van der Waals surface area contributed by atoms with Crippen molar-refractivity contribution >= 4 is 29.6 Å². The Bertz CT molecular complexity index is 921. The second kappa shape index (κ2) is 8.81. The molecule has 0 saturated carbocycles. The largest absolute Gasteiger partial charge is 0.356 e. The smallest absolute Gasteiger partial charge is 0.279 e. The van der Waals surface area contributed by atoms with E-state index in [9.17, 15) is 8.78 Å². The quantitative estimate of drug-likeness (QED) is 0.533. The molecule has 0 amide bonds. The van der Waals surface area contributed by atoms with Gasteiger partial charge in [-0.05, 0) is 43.1 Å². The number of imidazole rings is 1. The van der Waals surface area contributed by atoms with Crippen molar-refractivity contribution in [2.24, 2.45) is 5.41 Å². The van der Waals surface area contributed by atoms with Crippen molar-refractivity contribution < 1.29 is 8.78 Å². The molecule has 2 aromatic heterocycles. The maximum atomic E-state index is 12.4. The molecule has 2 aromatic rings. The predicted octanol–water partition coefficient (Wildman–Crippen LogP) is 3.74. The highest BCUT2D eigenvalue weighted by Crippen LogP contribution is 2.42. The van der Waals surface area contributed by atoms with Crippen molar-refractivity contribution in [3.8, 4) is 11.4 Å². The van der Waals surface area contributed by atoms with E-state index in [0.29, 0.717) is 22.6 Å². The molecule has 1 spiro atoms. The zero-order valence-corrected chi connectivity index (χ0v) is 17.6. The highest BCUT2D eigenvalue weighted by atomic mass is 32.2. The van der Waals surface area contributed by atoms with Crippen LogP contribution in [0.15, 0.2) is 24.7 Å². The van der Waals surface area contributed by atoms with Crippen LogP contribution in [0.4, 0.5) is 14.6 Å². The van der Waals surface area contributed by atoms with E-state index in [0.717, 1.165) is 38.1 Å². The van der Waals surface area contributed by atoms with E-state index in [2.05, 4.69) is 35.4 Å². The average molecular weight is 434 g/mol. The lowest BCUT2D eigenvalue weighted by Crippen LogP contribution is -2.38. The second-order valence-corrected chi connectivity index (χ2v) is 8.70. The van der Waals surface area contributed by atoms with Gasteiger partial charge in [0.25, 0.3) is 6.43 Å². The standard InChI is InChI=1S/C20H25F2N7S/c1-30-29-8-5-20(6-9-29)4-7-28(12-20)18-10-15(25-13-26-18)16-11-24-17(27-16)3-2-14(23)19(21)22/h2-3,10-11,13,19,23H,4-9,12H2,1H3,(H,24,27)/b3-2-,23-14?. The molecule has 0 aromatic carbocycles. The highest BCUT2D eigenvalue weighted by molar-refractivity contribution is 7.96. The van der Waals surface area contributed by atoms with E-state index in [1.807, 2.05) is 18.0 Å². The molecule has 30 heavy (non-hydrogen) atoms. The van der Waals surface area contributed by atoms with Gasteiger partial charge in [0.15, 0.2) is 0 Å². The maximum Gasteiger partial charge on any atom is 0.279 e. The van der Waals surface area contributed by atoms with Crippen LogP contribution < -0.4 is 4.90 Å². The molecule has 160 valence electrons. The Kier molecular flexibility index (Phi) is 6.14. The third kappa shape index (κ3) is 4.54. The Labute approximate surface area is 178 Å². The predicted molar refractivity (Wildman–Crippen MR) is 116 cm³/mol. The summed E-state index contributed by atoms with van der Waals surface area (Å²) < 4.78 is 27.3. The lowest BCUT2D eigenvalue weighted by Gasteiger charge is -2.38. The number of H-pyrrole nitrogens is 1. The Morgan fingerprint density at radius 3 is 2.73 bits per heavy atom. The summed E-state index contributed by atoms with van der Waals surface area (Å²) in [6, 6.07) is 1.94. The number of anilines is 1. The van der Waals surface area contributed by atoms with Crippen molar-refractivity contribution in [2.75, 3.05) is 37.3 Å². The zero-order chi connectivity index (χ0) is 21.1. The molecule has 0 unspecified atom stereocenters. The summed E-state index contributed by atoms with van der Waals surface area (Å²) in [5, 5.41) is 7.18. The van der Waals surface area contributed by atoms with E-state index in [1.54, 1.807) is 12.5 Å². The number of piperidine rings is 1. The van der Waals surface area contributed by atoms with Crippen molar-refractivity contribution in [1.29, 1.82) is 5.41 Å². The summed E-state index contributed by atoms with van der Waals surface area (Å²) in [5.41, 5.74) is 1.01. The minimum Gasteiger partial charge on any atom is -0.356 e. The molecule has 10 heteroatoms. The van der Waals surface area contributed by atoms with Crippen molar-refractivity contribution in [1.82, 2.24) is 24.2 Å². The average Bonchev–Trinajstić information content (AvgIpc) is 3.40. The van der Waals surface area contributed by atoms with Crippen LogP contribution in [-0.2, 0) is 0 Å². The maximum absolute atomic E-state index is 12.4. The molecule has 2 aliphatic heterocycles. The second-order valence-electron chi connectivity index (χ2n) is 7.82. The molecule has 2 aliphatic rings. The van der Waals surface area contributed by atoms with E-state index in [1.165, 1.54) is 25.3 Å². The van der Waals surface area contributed by atoms with E-state index >= 15 is 0 Å². The van der Waals surface area contributed by atoms with Crippen LogP contribution in [0.3, 0.4) is 0 Å². The van der Waals surface area contributed by atoms with Gasteiger partial charge in [0.05, 0.1) is 23.3 Å². The lowest BCUT2D eigenvalue weighted by atomic mass is 9.78. The summed E-state index contributed by atoms with van der Waals surface area (Å²) >= 11 is 1.83. The summed E-state index contributed by atoms with van der Waals surface area (Å²) in [4.78, 5) is 18.4. The molecule has 0 bridgehead atoms. The molecule has 7 nitrogen and oxygen atoms in total. The lowest BCUT2D eigenvalue weighted by molar-refractivity contribution is 0.185. The van der Waals surface area contributed by atoms with Gasteiger partial charge >= 0.3 is 0 Å². The number of halogens is 2. The molecule has 0 aliphatic carbocycles.